The van der Waals surface area contributed by atoms with E-state index in [9.17, 15) is 5.26 Å². The highest BCUT2D eigenvalue weighted by atomic mass is 16.7. The minimum absolute atomic E-state index is 0.182. The highest BCUT2D eigenvalue weighted by molar-refractivity contribution is 5.35. The van der Waals surface area contributed by atoms with Gasteiger partial charge in [0.15, 0.2) is 0 Å². The number of rotatable bonds is 3. The topological polar surface area (TPSA) is 42.2 Å². The summed E-state index contributed by atoms with van der Waals surface area (Å²) in [4.78, 5) is 0. The van der Waals surface area contributed by atoms with E-state index in [-0.39, 0.29) is 5.41 Å². The van der Waals surface area contributed by atoms with E-state index in [1.807, 2.05) is 0 Å². The molecule has 3 fully saturated rings. The predicted octanol–water partition coefficient (Wildman–Crippen LogP) is 4.69. The normalized spacial score (nSPS) is 47.1. The first kappa shape index (κ1) is 16.6. The molecule has 0 aromatic carbocycles. The standard InChI is InChI=1S/C21H31NO2/c1-21-11-15-4-3-14-9-18(24-13-23-2)7-8-19(14)20(15)10-16(21)5-6-17(21)12-22/h6,14-16,18-20H,3-5,7-11,13H2,1-2H3/t14-,15-,16+,18+,19-,20-,21+/m0/s1. The fourth-order valence-electron chi connectivity index (χ4n) is 6.72. The van der Waals surface area contributed by atoms with Gasteiger partial charge in [-0.3, -0.25) is 0 Å². The van der Waals surface area contributed by atoms with Crippen LogP contribution in [0.25, 0.3) is 0 Å². The highest BCUT2D eigenvalue weighted by Crippen LogP contribution is 2.61. The van der Waals surface area contributed by atoms with Crippen LogP contribution in [0.2, 0.25) is 0 Å². The van der Waals surface area contributed by atoms with Gasteiger partial charge in [0, 0.05) is 18.1 Å². The largest absolute Gasteiger partial charge is 0.359 e. The molecule has 0 aliphatic heterocycles. The molecule has 4 aliphatic carbocycles. The molecule has 3 heteroatoms. The molecule has 0 heterocycles. The molecule has 0 N–H and O–H groups in total. The first-order chi connectivity index (χ1) is 11.7. The van der Waals surface area contributed by atoms with Crippen LogP contribution < -0.4 is 0 Å². The van der Waals surface area contributed by atoms with Crippen LogP contribution in [-0.2, 0) is 9.47 Å². The maximum absolute atomic E-state index is 9.51. The van der Waals surface area contributed by atoms with Gasteiger partial charge < -0.3 is 9.47 Å². The van der Waals surface area contributed by atoms with Crippen molar-refractivity contribution in [2.24, 2.45) is 35.0 Å². The molecule has 0 saturated heterocycles. The fraction of sp³-hybridized carbons (Fsp3) is 0.857. The zero-order chi connectivity index (χ0) is 16.7. The Balaban J connectivity index is 1.45. The lowest BCUT2D eigenvalue weighted by molar-refractivity contribution is -0.114. The van der Waals surface area contributed by atoms with Gasteiger partial charge >= 0.3 is 0 Å². The second kappa shape index (κ2) is 6.46. The van der Waals surface area contributed by atoms with Gasteiger partial charge in [-0.1, -0.05) is 13.0 Å². The van der Waals surface area contributed by atoms with Crippen LogP contribution in [0.5, 0.6) is 0 Å². The molecule has 4 aliphatic rings. The number of nitriles is 1. The molecule has 0 spiro atoms. The lowest BCUT2D eigenvalue weighted by Crippen LogP contribution is -2.47. The van der Waals surface area contributed by atoms with Crippen molar-refractivity contribution in [3.05, 3.63) is 11.6 Å². The van der Waals surface area contributed by atoms with Crippen molar-refractivity contribution in [1.82, 2.24) is 0 Å². The molecule has 132 valence electrons. The first-order valence-corrected chi connectivity index (χ1v) is 9.87. The predicted molar refractivity (Wildman–Crippen MR) is 92.9 cm³/mol. The molecule has 0 radical (unpaired) electrons. The lowest BCUT2D eigenvalue weighted by atomic mass is 9.51. The second-order valence-corrected chi connectivity index (χ2v) is 8.95. The van der Waals surface area contributed by atoms with E-state index in [0.717, 1.165) is 41.6 Å². The van der Waals surface area contributed by atoms with Crippen molar-refractivity contribution in [3.8, 4) is 6.07 Å². The van der Waals surface area contributed by atoms with E-state index in [4.69, 9.17) is 9.47 Å². The average Bonchev–Trinajstić information content (AvgIpc) is 2.92. The van der Waals surface area contributed by atoms with Crippen molar-refractivity contribution in [1.29, 1.82) is 5.26 Å². The third kappa shape index (κ3) is 2.63. The van der Waals surface area contributed by atoms with E-state index >= 15 is 0 Å². The average molecular weight is 329 g/mol. The van der Waals surface area contributed by atoms with Gasteiger partial charge in [-0.25, -0.2) is 0 Å². The van der Waals surface area contributed by atoms with Gasteiger partial charge in [-0.15, -0.1) is 0 Å². The molecule has 0 amide bonds. The number of allylic oxidation sites excluding steroid dienone is 2. The summed E-state index contributed by atoms with van der Waals surface area (Å²) in [6.45, 7) is 2.81. The van der Waals surface area contributed by atoms with Crippen LogP contribution in [0, 0.1) is 46.3 Å². The summed E-state index contributed by atoms with van der Waals surface area (Å²) in [5.74, 6) is 4.22. The molecule has 0 aromatic heterocycles. The first-order valence-electron chi connectivity index (χ1n) is 9.87. The summed E-state index contributed by atoms with van der Waals surface area (Å²) in [5, 5.41) is 9.51. The molecule has 3 saturated carbocycles. The summed E-state index contributed by atoms with van der Waals surface area (Å²) < 4.78 is 11.0. The van der Waals surface area contributed by atoms with E-state index in [0.29, 0.717) is 12.9 Å². The minimum atomic E-state index is 0.182. The molecule has 0 bridgehead atoms. The Morgan fingerprint density at radius 3 is 2.79 bits per heavy atom. The molecule has 7 atom stereocenters. The van der Waals surface area contributed by atoms with Crippen LogP contribution >= 0.6 is 0 Å². The molecule has 24 heavy (non-hydrogen) atoms. The Hall–Kier alpha value is -0.850. The number of nitrogens with zero attached hydrogens (tertiary/aromatic N) is 1. The smallest absolute Gasteiger partial charge is 0.146 e. The fourth-order valence-corrected chi connectivity index (χ4v) is 6.72. The van der Waals surface area contributed by atoms with Crippen molar-refractivity contribution in [2.75, 3.05) is 13.9 Å². The SMILES string of the molecule is COCO[C@@H]1CC[C@H]2[C@@H](CC[C@H]3C[C@@]4(C)C(C#N)=CC[C@@H]4C[C@@H]32)C1. The zero-order valence-electron chi connectivity index (χ0n) is 15.2. The summed E-state index contributed by atoms with van der Waals surface area (Å²) >= 11 is 0. The monoisotopic (exact) mass is 329 g/mol. The third-order valence-corrected chi connectivity index (χ3v) is 7.96. The van der Waals surface area contributed by atoms with Crippen LogP contribution in [0.4, 0.5) is 0 Å². The number of methoxy groups -OCH3 is 1. The van der Waals surface area contributed by atoms with E-state index < -0.39 is 0 Å². The maximum Gasteiger partial charge on any atom is 0.146 e. The number of ether oxygens (including phenoxy) is 2. The summed E-state index contributed by atoms with van der Waals surface area (Å²) in [6.07, 6.45) is 12.9. The Labute approximate surface area is 146 Å². The van der Waals surface area contributed by atoms with Crippen LogP contribution in [0.3, 0.4) is 0 Å². The van der Waals surface area contributed by atoms with Crippen molar-refractivity contribution in [3.63, 3.8) is 0 Å². The van der Waals surface area contributed by atoms with Gasteiger partial charge in [0.1, 0.15) is 6.79 Å². The zero-order valence-corrected chi connectivity index (χ0v) is 15.2. The van der Waals surface area contributed by atoms with E-state index in [1.54, 1.807) is 7.11 Å². The van der Waals surface area contributed by atoms with Crippen LogP contribution in [0.15, 0.2) is 11.6 Å². The van der Waals surface area contributed by atoms with Crippen molar-refractivity contribution in [2.45, 2.75) is 64.4 Å². The Morgan fingerprint density at radius 2 is 2.00 bits per heavy atom. The maximum atomic E-state index is 9.51. The molecule has 3 nitrogen and oxygen atoms in total. The van der Waals surface area contributed by atoms with Crippen LogP contribution in [-0.4, -0.2) is 20.0 Å². The van der Waals surface area contributed by atoms with Crippen molar-refractivity contribution < 1.29 is 9.47 Å². The molecule has 0 aromatic rings. The summed E-state index contributed by atoms with van der Waals surface area (Å²) in [7, 11) is 1.71. The van der Waals surface area contributed by atoms with Gasteiger partial charge in [0.2, 0.25) is 0 Å². The van der Waals surface area contributed by atoms with Gasteiger partial charge in [0.05, 0.1) is 12.2 Å². The molecular weight excluding hydrogens is 298 g/mol. The van der Waals surface area contributed by atoms with E-state index in [1.165, 1.54) is 44.9 Å². The Bertz CT molecular complexity index is 551. The lowest BCUT2D eigenvalue weighted by Gasteiger charge is -2.54. The molecule has 0 unspecified atom stereocenters. The molecular formula is C21H31NO2. The van der Waals surface area contributed by atoms with Crippen LogP contribution in [0.1, 0.15) is 58.3 Å². The minimum Gasteiger partial charge on any atom is -0.359 e. The Kier molecular flexibility index (Phi) is 4.47. The third-order valence-electron chi connectivity index (χ3n) is 7.96. The number of fused-ring (bicyclic) bond motifs is 4. The number of hydrogen-bond donors (Lipinski definition) is 0. The Morgan fingerprint density at radius 1 is 1.17 bits per heavy atom. The van der Waals surface area contributed by atoms with Gasteiger partial charge in [-0.2, -0.15) is 5.26 Å². The highest BCUT2D eigenvalue weighted by Gasteiger charge is 2.53. The summed E-state index contributed by atoms with van der Waals surface area (Å²) in [5.41, 5.74) is 1.27. The number of hydrogen-bond acceptors (Lipinski definition) is 3. The molecule has 4 rings (SSSR count). The van der Waals surface area contributed by atoms with E-state index in [2.05, 4.69) is 19.1 Å². The van der Waals surface area contributed by atoms with Gasteiger partial charge in [0.25, 0.3) is 0 Å². The summed E-state index contributed by atoms with van der Waals surface area (Å²) in [6, 6.07) is 2.51. The van der Waals surface area contributed by atoms with Gasteiger partial charge in [-0.05, 0) is 81.0 Å². The quantitative estimate of drug-likeness (QED) is 0.706. The second-order valence-electron chi connectivity index (χ2n) is 8.95. The van der Waals surface area contributed by atoms with Crippen molar-refractivity contribution >= 4 is 0 Å².